The maximum atomic E-state index is 11.9. The first-order chi connectivity index (χ1) is 6.06. The Kier molecular flexibility index (Phi) is 7.09. The average molecular weight is 194 g/mol. The van der Waals surface area contributed by atoms with E-state index in [-0.39, 0.29) is 12.6 Å². The Morgan fingerprint density at radius 2 is 2.00 bits per heavy atom. The highest BCUT2D eigenvalue weighted by molar-refractivity contribution is 4.60. The molecule has 0 saturated heterocycles. The van der Waals surface area contributed by atoms with Crippen molar-refractivity contribution in [3.05, 3.63) is 0 Å². The summed E-state index contributed by atoms with van der Waals surface area (Å²) in [6.07, 6.45) is 0.547. The number of nitrogens with two attached hydrogens (primary N) is 1. The third-order valence-electron chi connectivity index (χ3n) is 2.09. The van der Waals surface area contributed by atoms with E-state index in [4.69, 9.17) is 5.73 Å². The van der Waals surface area contributed by atoms with Crippen LogP contribution in [0.2, 0.25) is 0 Å². The second kappa shape index (κ2) is 7.21. The Bertz CT molecular complexity index is 120. The third kappa shape index (κ3) is 8.12. The van der Waals surface area contributed by atoms with Gasteiger partial charge in [-0.3, -0.25) is 0 Å². The van der Waals surface area contributed by atoms with Gasteiger partial charge in [0.2, 0.25) is 0 Å². The van der Waals surface area contributed by atoms with Crippen molar-refractivity contribution in [3.8, 4) is 0 Å². The number of nitrogens with zero attached hydrogens (tertiary/aromatic N) is 1. The van der Waals surface area contributed by atoms with Crippen LogP contribution in [-0.2, 0) is 0 Å². The first kappa shape index (κ1) is 12.8. The molecular formula is C9H20F2N2. The Hall–Kier alpha value is -0.220. The molecule has 0 aromatic rings. The molecule has 13 heavy (non-hydrogen) atoms. The number of halogens is 2. The van der Waals surface area contributed by atoms with E-state index in [2.05, 4.69) is 0 Å². The van der Waals surface area contributed by atoms with E-state index in [9.17, 15) is 8.78 Å². The van der Waals surface area contributed by atoms with Crippen LogP contribution < -0.4 is 5.73 Å². The molecule has 1 unspecified atom stereocenters. The molecule has 2 nitrogen and oxygen atoms in total. The maximum Gasteiger partial charge on any atom is 0.251 e. The van der Waals surface area contributed by atoms with Gasteiger partial charge in [0, 0.05) is 6.04 Å². The zero-order valence-corrected chi connectivity index (χ0v) is 8.47. The largest absolute Gasteiger partial charge is 0.328 e. The van der Waals surface area contributed by atoms with Crippen LogP contribution >= 0.6 is 0 Å². The lowest BCUT2D eigenvalue weighted by molar-refractivity contribution is 0.0994. The molecule has 0 bridgehead atoms. The first-order valence-corrected chi connectivity index (χ1v) is 4.78. The van der Waals surface area contributed by atoms with Crippen molar-refractivity contribution in [1.29, 1.82) is 0 Å². The average Bonchev–Trinajstić information content (AvgIpc) is 2.02. The SMILES string of the molecule is CCC(N)CCCN(C)CC(F)F. The predicted molar refractivity (Wildman–Crippen MR) is 51.0 cm³/mol. The summed E-state index contributed by atoms with van der Waals surface area (Å²) in [5.74, 6) is 0. The predicted octanol–water partition coefficient (Wildman–Crippen LogP) is 1.70. The number of hydrogen-bond donors (Lipinski definition) is 1. The fourth-order valence-electron chi connectivity index (χ4n) is 1.15. The topological polar surface area (TPSA) is 29.3 Å². The van der Waals surface area contributed by atoms with E-state index in [1.54, 1.807) is 11.9 Å². The number of hydrogen-bond acceptors (Lipinski definition) is 2. The Labute approximate surface area is 79.1 Å². The smallest absolute Gasteiger partial charge is 0.251 e. The molecule has 0 aliphatic rings. The molecule has 0 aromatic heterocycles. The second-order valence-corrected chi connectivity index (χ2v) is 3.46. The van der Waals surface area contributed by atoms with Crippen LogP contribution in [0.25, 0.3) is 0 Å². The standard InChI is InChI=1S/C9H20F2N2/c1-3-8(12)5-4-6-13(2)7-9(10)11/h8-9H,3-7,12H2,1-2H3. The summed E-state index contributed by atoms with van der Waals surface area (Å²) in [7, 11) is 1.71. The van der Waals surface area contributed by atoms with Crippen LogP contribution in [0.5, 0.6) is 0 Å². The first-order valence-electron chi connectivity index (χ1n) is 4.78. The van der Waals surface area contributed by atoms with E-state index in [1.807, 2.05) is 6.92 Å². The normalized spacial score (nSPS) is 14.1. The van der Waals surface area contributed by atoms with E-state index < -0.39 is 6.43 Å². The van der Waals surface area contributed by atoms with Crippen molar-refractivity contribution in [1.82, 2.24) is 4.90 Å². The Morgan fingerprint density at radius 1 is 1.38 bits per heavy atom. The van der Waals surface area contributed by atoms with Crippen molar-refractivity contribution in [2.75, 3.05) is 20.1 Å². The molecule has 0 saturated carbocycles. The fourth-order valence-corrected chi connectivity index (χ4v) is 1.15. The molecular weight excluding hydrogens is 174 g/mol. The van der Waals surface area contributed by atoms with Crippen LogP contribution in [0.4, 0.5) is 8.78 Å². The van der Waals surface area contributed by atoms with Crippen LogP contribution in [0, 0.1) is 0 Å². The van der Waals surface area contributed by atoms with Crippen LogP contribution in [0.15, 0.2) is 0 Å². The van der Waals surface area contributed by atoms with E-state index >= 15 is 0 Å². The molecule has 4 heteroatoms. The van der Waals surface area contributed by atoms with Gasteiger partial charge >= 0.3 is 0 Å². The molecule has 0 fully saturated rings. The van der Waals surface area contributed by atoms with Gasteiger partial charge in [-0.2, -0.15) is 0 Å². The summed E-state index contributed by atoms with van der Waals surface area (Å²) in [6.45, 7) is 2.60. The monoisotopic (exact) mass is 194 g/mol. The summed E-state index contributed by atoms with van der Waals surface area (Å²) in [5, 5.41) is 0. The van der Waals surface area contributed by atoms with E-state index in [0.717, 1.165) is 19.3 Å². The highest BCUT2D eigenvalue weighted by Gasteiger charge is 2.07. The van der Waals surface area contributed by atoms with Crippen LogP contribution in [-0.4, -0.2) is 37.5 Å². The summed E-state index contributed by atoms with van der Waals surface area (Å²) >= 11 is 0. The van der Waals surface area contributed by atoms with E-state index in [0.29, 0.717) is 6.54 Å². The lowest BCUT2D eigenvalue weighted by atomic mass is 10.1. The summed E-state index contributed by atoms with van der Waals surface area (Å²) < 4.78 is 23.7. The zero-order valence-electron chi connectivity index (χ0n) is 8.47. The summed E-state index contributed by atoms with van der Waals surface area (Å²) in [5.41, 5.74) is 5.69. The van der Waals surface area contributed by atoms with Crippen molar-refractivity contribution in [2.45, 2.75) is 38.7 Å². The van der Waals surface area contributed by atoms with Crippen molar-refractivity contribution in [2.24, 2.45) is 5.73 Å². The maximum absolute atomic E-state index is 11.9. The van der Waals surface area contributed by atoms with Crippen molar-refractivity contribution in [3.63, 3.8) is 0 Å². The van der Waals surface area contributed by atoms with Crippen molar-refractivity contribution >= 4 is 0 Å². The summed E-state index contributed by atoms with van der Waals surface area (Å²) in [6, 6.07) is 0.222. The molecule has 0 radical (unpaired) electrons. The molecule has 2 N–H and O–H groups in total. The van der Waals surface area contributed by atoms with Crippen molar-refractivity contribution < 1.29 is 8.78 Å². The van der Waals surface area contributed by atoms with Crippen LogP contribution in [0.3, 0.4) is 0 Å². The van der Waals surface area contributed by atoms with Gasteiger partial charge in [0.05, 0.1) is 6.54 Å². The minimum atomic E-state index is -2.23. The minimum Gasteiger partial charge on any atom is -0.328 e. The molecule has 80 valence electrons. The second-order valence-electron chi connectivity index (χ2n) is 3.46. The lowest BCUT2D eigenvalue weighted by Gasteiger charge is -2.16. The highest BCUT2D eigenvalue weighted by atomic mass is 19.3. The Balaban J connectivity index is 3.31. The van der Waals surface area contributed by atoms with Gasteiger partial charge in [-0.1, -0.05) is 6.92 Å². The van der Waals surface area contributed by atoms with Gasteiger partial charge in [-0.15, -0.1) is 0 Å². The van der Waals surface area contributed by atoms with Gasteiger partial charge in [0.25, 0.3) is 6.43 Å². The molecule has 0 heterocycles. The molecule has 0 aliphatic carbocycles. The molecule has 0 aliphatic heterocycles. The van der Waals surface area contributed by atoms with Gasteiger partial charge in [-0.05, 0) is 32.9 Å². The van der Waals surface area contributed by atoms with Gasteiger partial charge < -0.3 is 10.6 Å². The van der Waals surface area contributed by atoms with Gasteiger partial charge in [0.15, 0.2) is 0 Å². The zero-order chi connectivity index (χ0) is 10.3. The van der Waals surface area contributed by atoms with Gasteiger partial charge in [0.1, 0.15) is 0 Å². The fraction of sp³-hybridized carbons (Fsp3) is 1.00. The highest BCUT2D eigenvalue weighted by Crippen LogP contribution is 2.01. The summed E-state index contributed by atoms with van der Waals surface area (Å²) in [4.78, 5) is 1.65. The quantitative estimate of drug-likeness (QED) is 0.668. The number of rotatable bonds is 7. The molecule has 0 rings (SSSR count). The molecule has 0 spiro atoms. The van der Waals surface area contributed by atoms with Gasteiger partial charge in [-0.25, -0.2) is 8.78 Å². The minimum absolute atomic E-state index is 0.138. The molecule has 0 aromatic carbocycles. The lowest BCUT2D eigenvalue weighted by Crippen LogP contribution is -2.27. The van der Waals surface area contributed by atoms with Crippen LogP contribution in [0.1, 0.15) is 26.2 Å². The number of alkyl halides is 2. The molecule has 1 atom stereocenters. The molecule has 0 amide bonds. The van der Waals surface area contributed by atoms with E-state index in [1.165, 1.54) is 0 Å². The Morgan fingerprint density at radius 3 is 2.46 bits per heavy atom. The third-order valence-corrected chi connectivity index (χ3v) is 2.09.